The van der Waals surface area contributed by atoms with Gasteiger partial charge in [-0.3, -0.25) is 4.79 Å². The molecule has 1 amide bonds. The SMILES string of the molecule is CC(NC(=O)c1ccc(S(=O)(=O)NCCc2cccs2)cc1)c1ccc2c(c1)OCO2. The molecule has 2 aromatic carbocycles. The number of ether oxygens (including phenoxy) is 2. The third-order valence-electron chi connectivity index (χ3n) is 4.91. The number of sulfonamides is 1. The number of benzene rings is 2. The Hall–Kier alpha value is -2.88. The van der Waals surface area contributed by atoms with Gasteiger partial charge in [0.1, 0.15) is 0 Å². The summed E-state index contributed by atoms with van der Waals surface area (Å²) in [7, 11) is -3.63. The standard InChI is InChI=1S/C22H22N2O5S2/c1-15(17-6-9-20-21(13-17)29-14-28-20)24-22(25)16-4-7-19(8-5-16)31(26,27)23-11-10-18-3-2-12-30-18/h2-9,12-13,15,23H,10-11,14H2,1H3,(H,24,25). The molecule has 1 unspecified atom stereocenters. The van der Waals surface area contributed by atoms with Crippen LogP contribution in [0.1, 0.15) is 33.8 Å². The van der Waals surface area contributed by atoms with E-state index in [0.29, 0.717) is 30.0 Å². The number of fused-ring (bicyclic) bond motifs is 1. The maximum Gasteiger partial charge on any atom is 0.251 e. The van der Waals surface area contributed by atoms with Crippen LogP contribution in [-0.2, 0) is 16.4 Å². The Morgan fingerprint density at radius 3 is 2.61 bits per heavy atom. The topological polar surface area (TPSA) is 93.7 Å². The van der Waals surface area contributed by atoms with E-state index >= 15 is 0 Å². The number of hydrogen-bond acceptors (Lipinski definition) is 6. The maximum atomic E-state index is 12.6. The summed E-state index contributed by atoms with van der Waals surface area (Å²) in [4.78, 5) is 13.8. The lowest BCUT2D eigenvalue weighted by Gasteiger charge is -2.15. The van der Waals surface area contributed by atoms with E-state index in [4.69, 9.17) is 9.47 Å². The molecule has 162 valence electrons. The second-order valence-electron chi connectivity index (χ2n) is 7.06. The first-order valence-electron chi connectivity index (χ1n) is 9.75. The van der Waals surface area contributed by atoms with Gasteiger partial charge >= 0.3 is 0 Å². The molecular formula is C22H22N2O5S2. The minimum Gasteiger partial charge on any atom is -0.454 e. The summed E-state index contributed by atoms with van der Waals surface area (Å²) in [5.41, 5.74) is 1.26. The molecule has 0 spiro atoms. The fourth-order valence-corrected chi connectivity index (χ4v) is 4.92. The third kappa shape index (κ3) is 5.07. The Labute approximate surface area is 185 Å². The van der Waals surface area contributed by atoms with Gasteiger partial charge in [0.15, 0.2) is 11.5 Å². The monoisotopic (exact) mass is 458 g/mol. The average Bonchev–Trinajstić information content (AvgIpc) is 3.45. The molecule has 31 heavy (non-hydrogen) atoms. The van der Waals surface area contributed by atoms with Gasteiger partial charge in [0.25, 0.3) is 5.91 Å². The van der Waals surface area contributed by atoms with Crippen LogP contribution in [0, 0.1) is 0 Å². The van der Waals surface area contributed by atoms with Gasteiger partial charge in [-0.15, -0.1) is 11.3 Å². The zero-order valence-corrected chi connectivity index (χ0v) is 18.5. The van der Waals surface area contributed by atoms with Gasteiger partial charge < -0.3 is 14.8 Å². The Kier molecular flexibility index (Phi) is 6.26. The van der Waals surface area contributed by atoms with Crippen molar-refractivity contribution in [2.75, 3.05) is 13.3 Å². The Morgan fingerprint density at radius 1 is 1.10 bits per heavy atom. The van der Waals surface area contributed by atoms with Gasteiger partial charge in [0.05, 0.1) is 10.9 Å². The van der Waals surface area contributed by atoms with Crippen molar-refractivity contribution in [3.63, 3.8) is 0 Å². The number of thiophene rings is 1. The van der Waals surface area contributed by atoms with Gasteiger partial charge in [0, 0.05) is 17.0 Å². The van der Waals surface area contributed by atoms with Crippen LogP contribution >= 0.6 is 11.3 Å². The second kappa shape index (κ2) is 9.09. The fourth-order valence-electron chi connectivity index (χ4n) is 3.18. The average molecular weight is 459 g/mol. The summed E-state index contributed by atoms with van der Waals surface area (Å²) in [6.45, 7) is 2.38. The molecule has 7 nitrogen and oxygen atoms in total. The maximum absolute atomic E-state index is 12.6. The van der Waals surface area contributed by atoms with Gasteiger partial charge in [-0.05, 0) is 66.8 Å². The van der Waals surface area contributed by atoms with Crippen molar-refractivity contribution < 1.29 is 22.7 Å². The number of rotatable bonds is 8. The van der Waals surface area contributed by atoms with Crippen LogP contribution in [0.15, 0.2) is 64.9 Å². The van der Waals surface area contributed by atoms with E-state index < -0.39 is 10.0 Å². The fraction of sp³-hybridized carbons (Fsp3) is 0.227. The minimum absolute atomic E-state index is 0.124. The highest BCUT2D eigenvalue weighted by Crippen LogP contribution is 2.34. The first-order chi connectivity index (χ1) is 14.9. The minimum atomic E-state index is -3.63. The molecule has 0 fully saturated rings. The van der Waals surface area contributed by atoms with Gasteiger partial charge in [-0.2, -0.15) is 0 Å². The lowest BCUT2D eigenvalue weighted by molar-refractivity contribution is 0.0939. The van der Waals surface area contributed by atoms with E-state index in [1.165, 1.54) is 24.3 Å². The van der Waals surface area contributed by atoms with E-state index in [2.05, 4.69) is 10.0 Å². The van der Waals surface area contributed by atoms with E-state index in [9.17, 15) is 13.2 Å². The van der Waals surface area contributed by atoms with Crippen molar-refractivity contribution in [2.45, 2.75) is 24.3 Å². The van der Waals surface area contributed by atoms with E-state index in [1.807, 2.05) is 42.6 Å². The number of carbonyl (C=O) groups is 1. The lowest BCUT2D eigenvalue weighted by Crippen LogP contribution is -2.27. The van der Waals surface area contributed by atoms with Crippen molar-refractivity contribution in [1.82, 2.24) is 10.0 Å². The molecular weight excluding hydrogens is 436 g/mol. The van der Waals surface area contributed by atoms with Crippen LogP contribution in [0.25, 0.3) is 0 Å². The van der Waals surface area contributed by atoms with E-state index in [-0.39, 0.29) is 23.6 Å². The predicted molar refractivity (Wildman–Crippen MR) is 118 cm³/mol. The van der Waals surface area contributed by atoms with Gasteiger partial charge in [-0.1, -0.05) is 12.1 Å². The summed E-state index contributed by atoms with van der Waals surface area (Å²) in [6.07, 6.45) is 0.634. The molecule has 3 aromatic rings. The molecule has 1 aromatic heterocycles. The van der Waals surface area contributed by atoms with Crippen LogP contribution in [0.3, 0.4) is 0 Å². The Balaban J connectivity index is 1.36. The number of nitrogens with one attached hydrogen (secondary N) is 2. The molecule has 4 rings (SSSR count). The Bertz CT molecular complexity index is 1160. The summed E-state index contributed by atoms with van der Waals surface area (Å²) < 4.78 is 38.2. The summed E-state index contributed by atoms with van der Waals surface area (Å²) in [5, 5.41) is 4.87. The number of carbonyl (C=O) groups excluding carboxylic acids is 1. The quantitative estimate of drug-likeness (QED) is 0.539. The molecule has 2 heterocycles. The highest BCUT2D eigenvalue weighted by atomic mass is 32.2. The molecule has 0 bridgehead atoms. The Morgan fingerprint density at radius 2 is 1.87 bits per heavy atom. The van der Waals surface area contributed by atoms with Crippen LogP contribution in [-0.4, -0.2) is 27.7 Å². The largest absolute Gasteiger partial charge is 0.454 e. The molecule has 1 atom stereocenters. The third-order valence-corrected chi connectivity index (χ3v) is 7.33. The summed E-state index contributed by atoms with van der Waals surface area (Å²) in [5.74, 6) is 1.04. The molecule has 0 saturated heterocycles. The van der Waals surface area contributed by atoms with Gasteiger partial charge in [-0.25, -0.2) is 13.1 Å². The predicted octanol–water partition coefficient (Wildman–Crippen LogP) is 3.49. The van der Waals surface area contributed by atoms with E-state index in [1.54, 1.807) is 11.3 Å². The second-order valence-corrected chi connectivity index (χ2v) is 9.86. The van der Waals surface area contributed by atoms with Crippen LogP contribution < -0.4 is 19.5 Å². The highest BCUT2D eigenvalue weighted by Gasteiger charge is 2.18. The van der Waals surface area contributed by atoms with Crippen LogP contribution in [0.2, 0.25) is 0 Å². The van der Waals surface area contributed by atoms with Crippen molar-refractivity contribution in [2.24, 2.45) is 0 Å². The lowest BCUT2D eigenvalue weighted by atomic mass is 10.1. The van der Waals surface area contributed by atoms with Crippen molar-refractivity contribution in [3.05, 3.63) is 76.0 Å². The number of amides is 1. The molecule has 1 aliphatic heterocycles. The first kappa shape index (κ1) is 21.4. The molecule has 2 N–H and O–H groups in total. The molecule has 0 aliphatic carbocycles. The zero-order valence-electron chi connectivity index (χ0n) is 16.8. The molecule has 0 radical (unpaired) electrons. The van der Waals surface area contributed by atoms with Crippen molar-refractivity contribution in [3.8, 4) is 11.5 Å². The van der Waals surface area contributed by atoms with E-state index in [0.717, 1.165) is 10.4 Å². The number of hydrogen-bond donors (Lipinski definition) is 2. The molecule has 0 saturated carbocycles. The normalized spacial score (nSPS) is 13.7. The van der Waals surface area contributed by atoms with Crippen LogP contribution in [0.5, 0.6) is 11.5 Å². The highest BCUT2D eigenvalue weighted by molar-refractivity contribution is 7.89. The molecule has 9 heteroatoms. The smallest absolute Gasteiger partial charge is 0.251 e. The van der Waals surface area contributed by atoms with Gasteiger partial charge in [0.2, 0.25) is 16.8 Å². The summed E-state index contributed by atoms with van der Waals surface area (Å²) in [6, 6.07) is 15.1. The molecule has 1 aliphatic rings. The summed E-state index contributed by atoms with van der Waals surface area (Å²) >= 11 is 1.59. The van der Waals surface area contributed by atoms with Crippen LogP contribution in [0.4, 0.5) is 0 Å². The van der Waals surface area contributed by atoms with Crippen molar-refractivity contribution >= 4 is 27.3 Å². The first-order valence-corrected chi connectivity index (χ1v) is 12.1. The zero-order chi connectivity index (χ0) is 21.8. The van der Waals surface area contributed by atoms with Crippen molar-refractivity contribution in [1.29, 1.82) is 0 Å².